The molecule has 2 aliphatic heterocycles. The molecular weight excluding hydrogens is 478 g/mol. The van der Waals surface area contributed by atoms with E-state index < -0.39 is 0 Å². The average Bonchev–Trinajstić information content (AvgIpc) is 3.43. The van der Waals surface area contributed by atoms with Crippen LogP contribution in [0.3, 0.4) is 0 Å². The number of nitrogens with one attached hydrogen (secondary N) is 2. The number of hydrogen-bond acceptors (Lipinski definition) is 8. The molecule has 0 aliphatic carbocycles. The fourth-order valence-electron chi connectivity index (χ4n) is 3.73. The van der Waals surface area contributed by atoms with Crippen LogP contribution in [0, 0.1) is 20.8 Å². The van der Waals surface area contributed by atoms with Gasteiger partial charge in [-0.25, -0.2) is 5.01 Å². The van der Waals surface area contributed by atoms with Gasteiger partial charge in [0.1, 0.15) is 23.1 Å². The lowest BCUT2D eigenvalue weighted by Gasteiger charge is -2.24. The number of aliphatic imine (C=N–C) groups is 1. The highest BCUT2D eigenvalue weighted by atomic mass is 32.1. The van der Waals surface area contributed by atoms with Crippen molar-refractivity contribution in [3.63, 3.8) is 0 Å². The van der Waals surface area contributed by atoms with E-state index in [1.54, 1.807) is 67.5 Å². The average molecular weight is 502 g/mol. The first kappa shape index (κ1) is 23.3. The summed E-state index contributed by atoms with van der Waals surface area (Å²) in [6.45, 7) is 5.79. The fourth-order valence-corrected chi connectivity index (χ4v) is 4.55. The van der Waals surface area contributed by atoms with Crippen molar-refractivity contribution in [1.82, 2.24) is 10.3 Å². The Hall–Kier alpha value is -4.44. The number of amides is 2. The van der Waals surface area contributed by atoms with Crippen molar-refractivity contribution in [3.8, 4) is 5.75 Å². The Morgan fingerprint density at radius 1 is 1.08 bits per heavy atom. The number of carbonyl (C=O) groups is 2. The minimum absolute atomic E-state index is 0.167. The zero-order valence-electron chi connectivity index (χ0n) is 19.9. The Morgan fingerprint density at radius 2 is 1.94 bits per heavy atom. The lowest BCUT2D eigenvalue weighted by Crippen LogP contribution is -2.34. The minimum atomic E-state index is -0.261. The van der Waals surface area contributed by atoms with Gasteiger partial charge in [-0.15, -0.1) is 16.4 Å². The molecule has 0 radical (unpaired) electrons. The molecule has 0 spiro atoms. The van der Waals surface area contributed by atoms with Gasteiger partial charge in [-0.3, -0.25) is 14.6 Å². The second-order valence-corrected chi connectivity index (χ2v) is 9.16. The molecule has 9 nitrogen and oxygen atoms in total. The minimum Gasteiger partial charge on any atom is -0.466 e. The highest BCUT2D eigenvalue weighted by Gasteiger charge is 2.20. The van der Waals surface area contributed by atoms with Crippen molar-refractivity contribution in [2.45, 2.75) is 20.8 Å². The van der Waals surface area contributed by atoms with Crippen LogP contribution in [-0.4, -0.2) is 35.1 Å². The molecule has 2 N–H and O–H groups in total. The molecule has 182 valence electrons. The maximum absolute atomic E-state index is 12.6. The third-order valence-corrected chi connectivity index (χ3v) is 6.46. The Bertz CT molecular complexity index is 1480. The van der Waals surface area contributed by atoms with Crippen LogP contribution in [0.5, 0.6) is 5.75 Å². The van der Waals surface area contributed by atoms with E-state index in [0.717, 1.165) is 5.56 Å². The summed E-state index contributed by atoms with van der Waals surface area (Å²) in [4.78, 5) is 30.3. The summed E-state index contributed by atoms with van der Waals surface area (Å²) >= 11 is 1.40. The number of benzene rings is 1. The van der Waals surface area contributed by atoms with Gasteiger partial charge >= 0.3 is 0 Å². The molecule has 0 saturated carbocycles. The molecule has 10 heteroatoms. The largest absolute Gasteiger partial charge is 0.466 e. The number of furan rings is 1. The van der Waals surface area contributed by atoms with Crippen LogP contribution >= 0.6 is 11.3 Å². The van der Waals surface area contributed by atoms with E-state index in [4.69, 9.17) is 9.15 Å². The predicted octanol–water partition coefficient (Wildman–Crippen LogP) is 4.77. The van der Waals surface area contributed by atoms with E-state index in [2.05, 4.69) is 20.7 Å². The summed E-state index contributed by atoms with van der Waals surface area (Å²) in [6, 6.07) is 10.6. The van der Waals surface area contributed by atoms with Crippen LogP contribution in [0.4, 0.5) is 5.69 Å². The zero-order chi connectivity index (χ0) is 25.2. The van der Waals surface area contributed by atoms with Gasteiger partial charge in [-0.05, 0) is 62.1 Å². The maximum atomic E-state index is 12.6. The smallest absolute Gasteiger partial charge is 0.265 e. The number of anilines is 1. The van der Waals surface area contributed by atoms with Crippen molar-refractivity contribution < 1.29 is 18.7 Å². The first-order chi connectivity index (χ1) is 17.4. The molecule has 36 heavy (non-hydrogen) atoms. The number of thiophene rings is 1. The first-order valence-corrected chi connectivity index (χ1v) is 12.1. The van der Waals surface area contributed by atoms with Gasteiger partial charge in [0.05, 0.1) is 28.9 Å². The van der Waals surface area contributed by atoms with Crippen molar-refractivity contribution >= 4 is 40.6 Å². The van der Waals surface area contributed by atoms with E-state index in [-0.39, 0.29) is 11.8 Å². The van der Waals surface area contributed by atoms with E-state index in [9.17, 15) is 9.59 Å². The SMILES string of the molecule is Cc1cc(C(=O)Nc2cccc(OC3=NN4C=C(NC(=O)c5sccc5C)CN=C4C=C3)c2)c(C)o1. The van der Waals surface area contributed by atoms with Gasteiger partial charge < -0.3 is 19.8 Å². The Balaban J connectivity index is 1.26. The molecule has 0 unspecified atom stereocenters. The third kappa shape index (κ3) is 4.98. The second-order valence-electron chi connectivity index (χ2n) is 8.24. The number of nitrogens with zero attached hydrogens (tertiary/aromatic N) is 3. The monoisotopic (exact) mass is 501 g/mol. The van der Waals surface area contributed by atoms with Crippen molar-refractivity contribution in [2.24, 2.45) is 10.1 Å². The van der Waals surface area contributed by atoms with Gasteiger partial charge in [0.25, 0.3) is 11.8 Å². The number of aryl methyl sites for hydroxylation is 3. The summed E-state index contributed by atoms with van der Waals surface area (Å²) < 4.78 is 11.4. The molecule has 3 aromatic rings. The predicted molar refractivity (Wildman–Crippen MR) is 139 cm³/mol. The summed E-state index contributed by atoms with van der Waals surface area (Å²) in [7, 11) is 0. The normalized spacial score (nSPS) is 14.4. The van der Waals surface area contributed by atoms with E-state index >= 15 is 0 Å². The van der Waals surface area contributed by atoms with Crippen LogP contribution in [0.15, 0.2) is 80.3 Å². The number of hydrogen-bond donors (Lipinski definition) is 2. The van der Waals surface area contributed by atoms with Crippen LogP contribution in [-0.2, 0) is 0 Å². The summed E-state index contributed by atoms with van der Waals surface area (Å²) in [5, 5.41) is 13.7. The van der Waals surface area contributed by atoms with Gasteiger partial charge in [-0.2, -0.15) is 0 Å². The Kier molecular flexibility index (Phi) is 6.26. The van der Waals surface area contributed by atoms with Crippen molar-refractivity contribution in [1.29, 1.82) is 0 Å². The molecule has 0 atom stereocenters. The summed E-state index contributed by atoms with van der Waals surface area (Å²) in [6.07, 6.45) is 5.23. The van der Waals surface area contributed by atoms with Crippen LogP contribution in [0.1, 0.15) is 37.1 Å². The van der Waals surface area contributed by atoms with Gasteiger partial charge in [-0.1, -0.05) is 6.07 Å². The summed E-state index contributed by atoms with van der Waals surface area (Å²) in [5.41, 5.74) is 2.62. The Morgan fingerprint density at radius 3 is 2.69 bits per heavy atom. The Labute approximate surface area is 211 Å². The number of amidine groups is 1. The molecule has 4 heterocycles. The maximum Gasteiger partial charge on any atom is 0.265 e. The number of hydrazone groups is 1. The standard InChI is InChI=1S/C26H23N5O4S/c1-15-9-10-36-24(15)26(33)29-19-13-27-22-7-8-23(30-31(22)14-19)35-20-6-4-5-18(12-20)28-25(32)21-11-16(2)34-17(21)3/h4-12,14H,13H2,1-3H3,(H,28,32)(H,29,33). The second kappa shape index (κ2) is 9.67. The van der Waals surface area contributed by atoms with Gasteiger partial charge in [0.2, 0.25) is 5.90 Å². The summed E-state index contributed by atoms with van der Waals surface area (Å²) in [5.74, 6) is 2.28. The molecule has 2 amide bonds. The fraction of sp³-hybridized carbons (Fsp3) is 0.154. The van der Waals surface area contributed by atoms with Crippen molar-refractivity contribution in [3.05, 3.63) is 93.4 Å². The first-order valence-electron chi connectivity index (χ1n) is 11.2. The molecule has 2 aromatic heterocycles. The number of carbonyl (C=O) groups excluding carboxylic acids is 2. The van der Waals surface area contributed by atoms with E-state index in [0.29, 0.717) is 57.4 Å². The number of fused-ring (bicyclic) bond motifs is 1. The third-order valence-electron chi connectivity index (χ3n) is 5.45. The molecule has 2 aliphatic rings. The molecule has 5 rings (SSSR count). The molecule has 0 bridgehead atoms. The van der Waals surface area contributed by atoms with Gasteiger partial charge in [0, 0.05) is 17.8 Å². The topological polar surface area (TPSA) is 109 Å². The molecule has 0 saturated heterocycles. The highest BCUT2D eigenvalue weighted by Crippen LogP contribution is 2.22. The lowest BCUT2D eigenvalue weighted by atomic mass is 10.2. The quantitative estimate of drug-likeness (QED) is 0.524. The van der Waals surface area contributed by atoms with Crippen LogP contribution in [0.2, 0.25) is 0 Å². The van der Waals surface area contributed by atoms with Gasteiger partial charge in [0.15, 0.2) is 0 Å². The molecule has 0 fully saturated rings. The number of ether oxygens (including phenoxy) is 1. The van der Waals surface area contributed by atoms with Crippen LogP contribution in [0.25, 0.3) is 0 Å². The number of rotatable bonds is 5. The highest BCUT2D eigenvalue weighted by molar-refractivity contribution is 7.12. The van der Waals surface area contributed by atoms with Crippen LogP contribution < -0.4 is 15.4 Å². The van der Waals surface area contributed by atoms with E-state index in [1.165, 1.54) is 11.3 Å². The van der Waals surface area contributed by atoms with Crippen molar-refractivity contribution in [2.75, 3.05) is 11.9 Å². The lowest BCUT2D eigenvalue weighted by molar-refractivity contribution is 0.0967. The zero-order valence-corrected chi connectivity index (χ0v) is 20.7. The molecule has 1 aromatic carbocycles. The molecular formula is C26H23N5O4S. The van der Waals surface area contributed by atoms with E-state index in [1.807, 2.05) is 18.4 Å².